The molecule has 0 radical (unpaired) electrons. The third-order valence-electron chi connectivity index (χ3n) is 3.71. The van der Waals surface area contributed by atoms with E-state index in [0.717, 1.165) is 25.9 Å². The summed E-state index contributed by atoms with van der Waals surface area (Å²) in [5.74, 6) is 0.0694. The molecule has 1 aromatic rings. The van der Waals surface area contributed by atoms with E-state index in [4.69, 9.17) is 10.5 Å². The van der Waals surface area contributed by atoms with Crippen LogP contribution in [-0.4, -0.2) is 41.7 Å². The molecule has 0 atom stereocenters. The van der Waals surface area contributed by atoms with Crippen LogP contribution in [-0.2, 0) is 4.74 Å². The van der Waals surface area contributed by atoms with Gasteiger partial charge in [0, 0.05) is 32.4 Å². The lowest BCUT2D eigenvalue weighted by Gasteiger charge is -2.31. The summed E-state index contributed by atoms with van der Waals surface area (Å²) in [5.41, 5.74) is 7.14. The van der Waals surface area contributed by atoms with Gasteiger partial charge in [0.05, 0.1) is 11.8 Å². The fraction of sp³-hybridized carbons (Fsp3) is 0.643. The van der Waals surface area contributed by atoms with Crippen LogP contribution < -0.4 is 5.73 Å². The summed E-state index contributed by atoms with van der Waals surface area (Å²) in [7, 11) is 1.73. The van der Waals surface area contributed by atoms with E-state index in [2.05, 4.69) is 0 Å². The first kappa shape index (κ1) is 13.9. The van der Waals surface area contributed by atoms with Crippen LogP contribution in [0.15, 0.2) is 12.3 Å². The van der Waals surface area contributed by atoms with Gasteiger partial charge in [-0.25, -0.2) is 0 Å². The number of methoxy groups -OCH3 is 1. The molecule has 0 bridgehead atoms. The second-order valence-corrected chi connectivity index (χ2v) is 5.39. The van der Waals surface area contributed by atoms with Crippen LogP contribution in [0.5, 0.6) is 0 Å². The molecule has 5 nitrogen and oxygen atoms in total. The molecule has 106 valence electrons. The van der Waals surface area contributed by atoms with Gasteiger partial charge in [-0.3, -0.25) is 4.79 Å². The Balaban J connectivity index is 2.12. The van der Waals surface area contributed by atoms with Gasteiger partial charge in [0.15, 0.2) is 0 Å². The average Bonchev–Trinajstić information content (AvgIpc) is 2.80. The highest BCUT2D eigenvalue weighted by Gasteiger charge is 2.25. The van der Waals surface area contributed by atoms with Crippen molar-refractivity contribution in [3.63, 3.8) is 0 Å². The van der Waals surface area contributed by atoms with E-state index < -0.39 is 0 Å². The number of anilines is 1. The van der Waals surface area contributed by atoms with Crippen LogP contribution >= 0.6 is 0 Å². The molecule has 2 N–H and O–H groups in total. The summed E-state index contributed by atoms with van der Waals surface area (Å²) in [5, 5.41) is 0. The first-order chi connectivity index (χ1) is 9.02. The molecule has 0 spiro atoms. The zero-order valence-electron chi connectivity index (χ0n) is 11.9. The smallest absolute Gasteiger partial charge is 0.270 e. The number of ether oxygens (including phenoxy) is 1. The summed E-state index contributed by atoms with van der Waals surface area (Å²) in [6.45, 7) is 5.60. The second kappa shape index (κ2) is 5.65. The molecule has 2 rings (SSSR count). The standard InChI is InChI=1S/C14H23N3O2/c1-10(2)17-9-11(15)8-13(17)14(18)16-6-4-12(19-3)5-7-16/h8-10,12H,4-7,15H2,1-3H3. The summed E-state index contributed by atoms with van der Waals surface area (Å²) in [4.78, 5) is 14.4. The molecule has 1 aliphatic rings. The van der Waals surface area contributed by atoms with Gasteiger partial charge in [-0.2, -0.15) is 0 Å². The Hall–Kier alpha value is -1.49. The fourth-order valence-electron chi connectivity index (χ4n) is 2.56. The highest BCUT2D eigenvalue weighted by Crippen LogP contribution is 2.21. The normalized spacial score (nSPS) is 17.2. The van der Waals surface area contributed by atoms with Crippen LogP contribution in [0.3, 0.4) is 0 Å². The molecule has 0 aliphatic carbocycles. The third-order valence-corrected chi connectivity index (χ3v) is 3.71. The Morgan fingerprint density at radius 1 is 1.42 bits per heavy atom. The number of carbonyl (C=O) groups is 1. The Kier molecular flexibility index (Phi) is 4.14. The maximum absolute atomic E-state index is 12.5. The van der Waals surface area contributed by atoms with Gasteiger partial charge in [-0.05, 0) is 32.8 Å². The average molecular weight is 265 g/mol. The fourth-order valence-corrected chi connectivity index (χ4v) is 2.56. The highest BCUT2D eigenvalue weighted by molar-refractivity contribution is 5.94. The predicted octanol–water partition coefficient (Wildman–Crippen LogP) is 1.90. The lowest BCUT2D eigenvalue weighted by atomic mass is 10.1. The van der Waals surface area contributed by atoms with Crippen molar-refractivity contribution in [1.29, 1.82) is 0 Å². The minimum Gasteiger partial charge on any atom is -0.397 e. The van der Waals surface area contributed by atoms with Crippen molar-refractivity contribution in [2.45, 2.75) is 38.8 Å². The molecule has 0 unspecified atom stereocenters. The van der Waals surface area contributed by atoms with Crippen molar-refractivity contribution in [3.05, 3.63) is 18.0 Å². The minimum absolute atomic E-state index is 0.0694. The minimum atomic E-state index is 0.0694. The number of hydrogen-bond acceptors (Lipinski definition) is 3. The molecule has 5 heteroatoms. The number of piperidine rings is 1. The van der Waals surface area contributed by atoms with Crippen molar-refractivity contribution in [2.24, 2.45) is 0 Å². The van der Waals surface area contributed by atoms with E-state index in [1.807, 2.05) is 29.5 Å². The Bertz CT molecular complexity index is 446. The predicted molar refractivity (Wildman–Crippen MR) is 75.2 cm³/mol. The van der Waals surface area contributed by atoms with Gasteiger partial charge in [-0.1, -0.05) is 0 Å². The molecule has 1 amide bonds. The van der Waals surface area contributed by atoms with Gasteiger partial charge in [0.1, 0.15) is 5.69 Å². The van der Waals surface area contributed by atoms with Crippen LogP contribution in [0, 0.1) is 0 Å². The van der Waals surface area contributed by atoms with Crippen LogP contribution in [0.1, 0.15) is 43.2 Å². The summed E-state index contributed by atoms with van der Waals surface area (Å²) < 4.78 is 7.27. The van der Waals surface area contributed by atoms with E-state index in [1.165, 1.54) is 0 Å². The molecule has 2 heterocycles. The summed E-state index contributed by atoms with van der Waals surface area (Å²) in [6, 6.07) is 2.00. The number of nitrogen functional groups attached to an aromatic ring is 1. The Labute approximate surface area is 114 Å². The number of carbonyl (C=O) groups excluding carboxylic acids is 1. The number of amides is 1. The maximum Gasteiger partial charge on any atom is 0.270 e. The highest BCUT2D eigenvalue weighted by atomic mass is 16.5. The zero-order valence-corrected chi connectivity index (χ0v) is 11.9. The molecule has 0 saturated carbocycles. The lowest BCUT2D eigenvalue weighted by Crippen LogP contribution is -2.41. The first-order valence-electron chi connectivity index (χ1n) is 6.82. The molecule has 19 heavy (non-hydrogen) atoms. The number of nitrogens with zero attached hydrogens (tertiary/aromatic N) is 2. The second-order valence-electron chi connectivity index (χ2n) is 5.39. The molecular formula is C14H23N3O2. The zero-order chi connectivity index (χ0) is 14.0. The van der Waals surface area contributed by atoms with E-state index in [0.29, 0.717) is 11.4 Å². The van der Waals surface area contributed by atoms with Crippen molar-refractivity contribution in [2.75, 3.05) is 25.9 Å². The largest absolute Gasteiger partial charge is 0.397 e. The van der Waals surface area contributed by atoms with Crippen LogP contribution in [0.25, 0.3) is 0 Å². The lowest BCUT2D eigenvalue weighted by molar-refractivity contribution is 0.0344. The summed E-state index contributed by atoms with van der Waals surface area (Å²) >= 11 is 0. The van der Waals surface area contributed by atoms with E-state index in [9.17, 15) is 4.79 Å². The Morgan fingerprint density at radius 3 is 2.58 bits per heavy atom. The van der Waals surface area contributed by atoms with E-state index in [-0.39, 0.29) is 18.1 Å². The molecular weight excluding hydrogens is 242 g/mol. The number of likely N-dealkylation sites (tertiary alicyclic amines) is 1. The number of hydrogen-bond donors (Lipinski definition) is 1. The third kappa shape index (κ3) is 2.92. The molecule has 1 saturated heterocycles. The van der Waals surface area contributed by atoms with E-state index >= 15 is 0 Å². The van der Waals surface area contributed by atoms with Gasteiger partial charge in [-0.15, -0.1) is 0 Å². The monoisotopic (exact) mass is 265 g/mol. The Morgan fingerprint density at radius 2 is 2.05 bits per heavy atom. The van der Waals surface area contributed by atoms with Crippen molar-refractivity contribution >= 4 is 11.6 Å². The van der Waals surface area contributed by atoms with Gasteiger partial charge in [0.25, 0.3) is 5.91 Å². The van der Waals surface area contributed by atoms with Crippen molar-refractivity contribution < 1.29 is 9.53 Å². The van der Waals surface area contributed by atoms with Gasteiger partial charge in [0.2, 0.25) is 0 Å². The maximum atomic E-state index is 12.5. The number of rotatable bonds is 3. The van der Waals surface area contributed by atoms with Gasteiger partial charge >= 0.3 is 0 Å². The SMILES string of the molecule is COC1CCN(C(=O)c2cc(N)cn2C(C)C)CC1. The van der Waals surface area contributed by atoms with Crippen LogP contribution in [0.4, 0.5) is 5.69 Å². The van der Waals surface area contributed by atoms with Crippen LogP contribution in [0.2, 0.25) is 0 Å². The number of nitrogens with two attached hydrogens (primary N) is 1. The van der Waals surface area contributed by atoms with Crippen molar-refractivity contribution in [1.82, 2.24) is 9.47 Å². The van der Waals surface area contributed by atoms with Crippen molar-refractivity contribution in [3.8, 4) is 0 Å². The topological polar surface area (TPSA) is 60.5 Å². The first-order valence-corrected chi connectivity index (χ1v) is 6.82. The molecule has 1 aromatic heterocycles. The van der Waals surface area contributed by atoms with E-state index in [1.54, 1.807) is 13.2 Å². The molecule has 1 fully saturated rings. The van der Waals surface area contributed by atoms with Gasteiger partial charge < -0.3 is 19.9 Å². The molecule has 1 aliphatic heterocycles. The quantitative estimate of drug-likeness (QED) is 0.908. The molecule has 0 aromatic carbocycles. The summed E-state index contributed by atoms with van der Waals surface area (Å²) in [6.07, 6.45) is 3.92. The number of aromatic nitrogens is 1.